The minimum atomic E-state index is -3.80. The summed E-state index contributed by atoms with van der Waals surface area (Å²) in [4.78, 5) is 12.6. The first-order chi connectivity index (χ1) is 13.8. The molecule has 2 aromatic rings. The number of rotatable bonds is 8. The number of carbonyl (C=O) groups excluding carboxylic acids is 1. The smallest absolute Gasteiger partial charge is 0.255 e. The number of ether oxygens (including phenoxy) is 1. The Morgan fingerprint density at radius 3 is 2.45 bits per heavy atom. The molecule has 2 N–H and O–H groups in total. The highest BCUT2D eigenvalue weighted by atomic mass is 32.2. The maximum absolute atomic E-state index is 12.6. The number of carbonyl (C=O) groups is 1. The molecule has 0 unspecified atom stereocenters. The van der Waals surface area contributed by atoms with Gasteiger partial charge in [-0.25, -0.2) is 13.1 Å². The molecule has 152 valence electrons. The minimum absolute atomic E-state index is 0.0823. The fourth-order valence-corrected chi connectivity index (χ4v) is 4.33. The lowest BCUT2D eigenvalue weighted by molar-refractivity contribution is 0.102. The Labute approximate surface area is 170 Å². The molecule has 7 nitrogen and oxygen atoms in total. The Kier molecular flexibility index (Phi) is 5.91. The molecular weight excluding hydrogens is 390 g/mol. The van der Waals surface area contributed by atoms with E-state index in [-0.39, 0.29) is 21.6 Å². The van der Waals surface area contributed by atoms with E-state index in [1.807, 2.05) is 19.1 Å². The second-order valence-corrected chi connectivity index (χ2v) is 8.72. The van der Waals surface area contributed by atoms with Crippen molar-refractivity contribution in [2.45, 2.75) is 36.5 Å². The van der Waals surface area contributed by atoms with Crippen molar-refractivity contribution < 1.29 is 17.9 Å². The van der Waals surface area contributed by atoms with Crippen molar-refractivity contribution in [2.75, 3.05) is 19.0 Å². The molecule has 1 aliphatic carbocycles. The molecule has 0 heterocycles. The summed E-state index contributed by atoms with van der Waals surface area (Å²) in [7, 11) is -2.42. The van der Waals surface area contributed by atoms with Gasteiger partial charge in [0.25, 0.3) is 5.91 Å². The first-order valence-electron chi connectivity index (χ1n) is 9.36. The number of benzene rings is 2. The Morgan fingerprint density at radius 2 is 1.90 bits per heavy atom. The summed E-state index contributed by atoms with van der Waals surface area (Å²) >= 11 is 0. The van der Waals surface area contributed by atoms with Crippen LogP contribution in [0.1, 0.15) is 42.1 Å². The van der Waals surface area contributed by atoms with E-state index >= 15 is 0 Å². The Bertz CT molecular complexity index is 1050. The molecule has 1 saturated carbocycles. The zero-order valence-electron chi connectivity index (χ0n) is 16.4. The van der Waals surface area contributed by atoms with E-state index in [9.17, 15) is 18.5 Å². The maximum atomic E-state index is 12.6. The number of hydrogen-bond donors (Lipinski definition) is 2. The van der Waals surface area contributed by atoms with Crippen LogP contribution in [0.3, 0.4) is 0 Å². The van der Waals surface area contributed by atoms with Crippen LogP contribution in [0.15, 0.2) is 47.4 Å². The second-order valence-electron chi connectivity index (χ2n) is 6.99. The number of nitriles is 1. The van der Waals surface area contributed by atoms with Crippen LogP contribution < -0.4 is 14.8 Å². The van der Waals surface area contributed by atoms with Crippen LogP contribution in [0.2, 0.25) is 0 Å². The first kappa shape index (κ1) is 20.8. The molecule has 0 bridgehead atoms. The average molecular weight is 413 g/mol. The SMILES string of the molecule is CCCNS(=O)(=O)c1cc(C(=O)Nc2ccc(C3(C#N)CC3)cc2)ccc1OC. The van der Waals surface area contributed by atoms with Crippen molar-refractivity contribution in [1.82, 2.24) is 4.72 Å². The quantitative estimate of drug-likeness (QED) is 0.691. The fraction of sp³-hybridized carbons (Fsp3) is 0.333. The molecular formula is C21H23N3O4S. The molecule has 1 aliphatic rings. The molecule has 1 amide bonds. The number of nitrogens with zero attached hydrogens (tertiary/aromatic N) is 1. The zero-order chi connectivity index (χ0) is 21.1. The lowest BCUT2D eigenvalue weighted by atomic mass is 9.98. The number of sulfonamides is 1. The topological polar surface area (TPSA) is 108 Å². The summed E-state index contributed by atoms with van der Waals surface area (Å²) in [6.45, 7) is 2.15. The molecule has 0 aromatic heterocycles. The van der Waals surface area contributed by atoms with Crippen molar-refractivity contribution in [3.8, 4) is 11.8 Å². The largest absolute Gasteiger partial charge is 0.495 e. The molecule has 0 spiro atoms. The molecule has 0 saturated heterocycles. The number of amides is 1. The van der Waals surface area contributed by atoms with Crippen LogP contribution in [0.4, 0.5) is 5.69 Å². The van der Waals surface area contributed by atoms with Gasteiger partial charge in [-0.05, 0) is 55.2 Å². The third kappa shape index (κ3) is 4.42. The van der Waals surface area contributed by atoms with Crippen molar-refractivity contribution >= 4 is 21.6 Å². The Morgan fingerprint density at radius 1 is 1.21 bits per heavy atom. The van der Waals surface area contributed by atoms with Crippen molar-refractivity contribution in [3.63, 3.8) is 0 Å². The number of methoxy groups -OCH3 is 1. The van der Waals surface area contributed by atoms with Crippen LogP contribution >= 0.6 is 0 Å². The predicted molar refractivity (Wildman–Crippen MR) is 109 cm³/mol. The molecule has 29 heavy (non-hydrogen) atoms. The van der Waals surface area contributed by atoms with E-state index in [1.165, 1.54) is 25.3 Å². The average Bonchev–Trinajstić information content (AvgIpc) is 3.53. The molecule has 0 radical (unpaired) electrons. The third-order valence-corrected chi connectivity index (χ3v) is 6.40. The van der Waals surface area contributed by atoms with Crippen LogP contribution in [0.25, 0.3) is 0 Å². The van der Waals surface area contributed by atoms with E-state index in [0.29, 0.717) is 18.7 Å². The summed E-state index contributed by atoms with van der Waals surface area (Å²) in [5.74, 6) is -0.269. The standard InChI is InChI=1S/C21H23N3O4S/c1-3-12-23-29(26,27)19-13-15(4-9-18(19)28-2)20(25)24-17-7-5-16(6-8-17)21(14-22)10-11-21/h4-9,13,23H,3,10-12H2,1-2H3,(H,24,25). The third-order valence-electron chi connectivity index (χ3n) is 4.92. The van der Waals surface area contributed by atoms with Gasteiger partial charge in [-0.1, -0.05) is 19.1 Å². The van der Waals surface area contributed by atoms with Crippen molar-refractivity contribution in [1.29, 1.82) is 5.26 Å². The lowest BCUT2D eigenvalue weighted by Crippen LogP contribution is -2.25. The molecule has 0 atom stereocenters. The van der Waals surface area contributed by atoms with Gasteiger partial charge in [0.15, 0.2) is 0 Å². The van der Waals surface area contributed by atoms with Gasteiger partial charge >= 0.3 is 0 Å². The van der Waals surface area contributed by atoms with Crippen LogP contribution in [0, 0.1) is 11.3 Å². The normalized spacial score (nSPS) is 14.7. The van der Waals surface area contributed by atoms with Crippen LogP contribution in [-0.2, 0) is 15.4 Å². The van der Waals surface area contributed by atoms with Gasteiger partial charge in [-0.3, -0.25) is 4.79 Å². The van der Waals surface area contributed by atoms with Gasteiger partial charge in [-0.2, -0.15) is 5.26 Å². The monoisotopic (exact) mass is 413 g/mol. The summed E-state index contributed by atoms with van der Waals surface area (Å²) in [6.07, 6.45) is 2.35. The fourth-order valence-electron chi connectivity index (χ4n) is 3.01. The van der Waals surface area contributed by atoms with Gasteiger partial charge in [-0.15, -0.1) is 0 Å². The van der Waals surface area contributed by atoms with E-state index < -0.39 is 15.9 Å². The maximum Gasteiger partial charge on any atom is 0.255 e. The van der Waals surface area contributed by atoms with Gasteiger partial charge in [0.2, 0.25) is 10.0 Å². The molecule has 0 aliphatic heterocycles. The highest BCUT2D eigenvalue weighted by molar-refractivity contribution is 7.89. The predicted octanol–water partition coefficient (Wildman–Crippen LogP) is 3.19. The van der Waals surface area contributed by atoms with Crippen molar-refractivity contribution in [2.24, 2.45) is 0 Å². The second kappa shape index (κ2) is 8.23. The highest BCUT2D eigenvalue weighted by Crippen LogP contribution is 2.47. The van der Waals surface area contributed by atoms with Gasteiger partial charge in [0, 0.05) is 17.8 Å². The highest BCUT2D eigenvalue weighted by Gasteiger charge is 2.44. The number of anilines is 1. The van der Waals surface area contributed by atoms with Gasteiger partial charge in [0.1, 0.15) is 10.6 Å². The van der Waals surface area contributed by atoms with Crippen molar-refractivity contribution in [3.05, 3.63) is 53.6 Å². The van der Waals surface area contributed by atoms with E-state index in [4.69, 9.17) is 4.74 Å². The van der Waals surface area contributed by atoms with Crippen LogP contribution in [0.5, 0.6) is 5.75 Å². The summed E-state index contributed by atoms with van der Waals surface area (Å²) in [5.41, 5.74) is 1.32. The molecule has 2 aromatic carbocycles. The van der Waals surface area contributed by atoms with E-state index in [2.05, 4.69) is 16.1 Å². The lowest BCUT2D eigenvalue weighted by Gasteiger charge is -2.13. The number of hydrogen-bond acceptors (Lipinski definition) is 5. The minimum Gasteiger partial charge on any atom is -0.495 e. The Balaban J connectivity index is 1.81. The van der Waals surface area contributed by atoms with E-state index in [1.54, 1.807) is 12.1 Å². The summed E-state index contributed by atoms with van der Waals surface area (Å²) in [5, 5.41) is 12.0. The van der Waals surface area contributed by atoms with Crippen LogP contribution in [-0.4, -0.2) is 28.0 Å². The van der Waals surface area contributed by atoms with Gasteiger partial charge in [0.05, 0.1) is 18.6 Å². The molecule has 1 fully saturated rings. The molecule has 3 rings (SSSR count). The summed E-state index contributed by atoms with van der Waals surface area (Å²) in [6, 6.07) is 13.8. The zero-order valence-corrected chi connectivity index (χ0v) is 17.2. The molecule has 8 heteroatoms. The number of nitrogens with one attached hydrogen (secondary N) is 2. The summed E-state index contributed by atoms with van der Waals surface area (Å²) < 4.78 is 32.7. The first-order valence-corrected chi connectivity index (χ1v) is 10.8. The Hall–Kier alpha value is -2.89. The van der Waals surface area contributed by atoms with Gasteiger partial charge < -0.3 is 10.1 Å². The van der Waals surface area contributed by atoms with E-state index in [0.717, 1.165) is 18.4 Å².